The molecule has 1 aliphatic rings. The van der Waals surface area contributed by atoms with Gasteiger partial charge in [-0.3, -0.25) is 14.4 Å². The maximum absolute atomic E-state index is 13.3. The van der Waals surface area contributed by atoms with Crippen LogP contribution in [0.15, 0.2) is 66.7 Å². The van der Waals surface area contributed by atoms with Crippen molar-refractivity contribution < 1.29 is 28.6 Å². The first-order chi connectivity index (χ1) is 17.0. The van der Waals surface area contributed by atoms with E-state index in [0.717, 1.165) is 11.1 Å². The number of allylic oxidation sites excluding steroid dienone is 2. The van der Waals surface area contributed by atoms with Gasteiger partial charge in [0.05, 0.1) is 25.0 Å². The van der Waals surface area contributed by atoms with Crippen molar-refractivity contribution in [2.75, 3.05) is 19.7 Å². The van der Waals surface area contributed by atoms with Crippen molar-refractivity contribution in [1.29, 1.82) is 0 Å². The van der Waals surface area contributed by atoms with E-state index < -0.39 is 23.9 Å². The zero-order valence-electron chi connectivity index (χ0n) is 19.5. The summed E-state index contributed by atoms with van der Waals surface area (Å²) in [6.45, 7) is 0.0124. The largest absolute Gasteiger partial charge is 0.455 e. The minimum absolute atomic E-state index is 0.0228. The number of aliphatic hydroxyl groups excluding tert-OH is 1. The van der Waals surface area contributed by atoms with Gasteiger partial charge in [-0.1, -0.05) is 54.6 Å². The molecular formula is C27H31FN2O5. The summed E-state index contributed by atoms with van der Waals surface area (Å²) >= 11 is 0. The Kier molecular flexibility index (Phi) is 9.98. The summed E-state index contributed by atoms with van der Waals surface area (Å²) < 4.78 is 19.2. The van der Waals surface area contributed by atoms with Gasteiger partial charge in [0.2, 0.25) is 11.8 Å². The van der Waals surface area contributed by atoms with Gasteiger partial charge in [0.15, 0.2) is 0 Å². The van der Waals surface area contributed by atoms with Gasteiger partial charge < -0.3 is 20.5 Å². The predicted molar refractivity (Wildman–Crippen MR) is 128 cm³/mol. The standard InChI is InChI=1S/C27H31FN2O5/c28-23-12-10-19(11-13-23)16-22-9-5-4-8-21(17-25(32)29-14-15-31)26(33)30-18-24(35-27(22)34)20-6-2-1-3-7-20/h1-7,10-13,21-22,24,31H,8-9,14-18H2,(H,29,32)(H,30,33)/b5-4-/t21-,22-,24-/m1/s1. The van der Waals surface area contributed by atoms with Gasteiger partial charge in [0.1, 0.15) is 11.9 Å². The molecule has 0 fully saturated rings. The van der Waals surface area contributed by atoms with Crippen molar-refractivity contribution in [2.24, 2.45) is 11.8 Å². The second-order valence-electron chi connectivity index (χ2n) is 8.53. The highest BCUT2D eigenvalue weighted by molar-refractivity contribution is 5.86. The summed E-state index contributed by atoms with van der Waals surface area (Å²) in [5, 5.41) is 14.3. The van der Waals surface area contributed by atoms with Gasteiger partial charge in [0, 0.05) is 13.0 Å². The van der Waals surface area contributed by atoms with Crippen molar-refractivity contribution in [1.82, 2.24) is 10.6 Å². The number of ether oxygens (including phenoxy) is 1. The molecule has 3 atom stereocenters. The first-order valence-corrected chi connectivity index (χ1v) is 11.8. The van der Waals surface area contributed by atoms with Crippen LogP contribution in [-0.4, -0.2) is 42.6 Å². The Morgan fingerprint density at radius 1 is 1.03 bits per heavy atom. The molecule has 0 saturated heterocycles. The van der Waals surface area contributed by atoms with E-state index >= 15 is 0 Å². The highest BCUT2D eigenvalue weighted by Gasteiger charge is 2.27. The lowest BCUT2D eigenvalue weighted by molar-refractivity contribution is -0.154. The second-order valence-corrected chi connectivity index (χ2v) is 8.53. The number of esters is 1. The zero-order valence-corrected chi connectivity index (χ0v) is 19.5. The molecule has 0 spiro atoms. The van der Waals surface area contributed by atoms with Crippen LogP contribution in [0.25, 0.3) is 0 Å². The number of aliphatic hydroxyl groups is 1. The van der Waals surface area contributed by atoms with Crippen LogP contribution in [0.2, 0.25) is 0 Å². The summed E-state index contributed by atoms with van der Waals surface area (Å²) in [6.07, 6.45) is 3.98. The lowest BCUT2D eigenvalue weighted by atomic mass is 9.94. The molecule has 0 unspecified atom stereocenters. The summed E-state index contributed by atoms with van der Waals surface area (Å²) in [6, 6.07) is 15.2. The van der Waals surface area contributed by atoms with E-state index in [1.54, 1.807) is 18.2 Å². The lowest BCUT2D eigenvalue weighted by Gasteiger charge is -2.24. The van der Waals surface area contributed by atoms with Gasteiger partial charge >= 0.3 is 5.97 Å². The molecule has 0 bridgehead atoms. The van der Waals surface area contributed by atoms with Gasteiger partial charge in [-0.05, 0) is 42.5 Å². The van der Waals surface area contributed by atoms with E-state index in [2.05, 4.69) is 10.6 Å². The molecule has 3 N–H and O–H groups in total. The van der Waals surface area contributed by atoms with E-state index in [0.29, 0.717) is 19.3 Å². The molecule has 2 amide bonds. The molecule has 0 saturated carbocycles. The van der Waals surface area contributed by atoms with Crippen molar-refractivity contribution in [2.45, 2.75) is 31.8 Å². The van der Waals surface area contributed by atoms with Crippen LogP contribution in [0, 0.1) is 17.7 Å². The molecule has 0 aromatic heterocycles. The first-order valence-electron chi connectivity index (χ1n) is 11.8. The number of rotatable bonds is 7. The third kappa shape index (κ3) is 8.33. The number of nitrogens with one attached hydrogen (secondary N) is 2. The minimum Gasteiger partial charge on any atom is -0.455 e. The first kappa shape index (κ1) is 26.1. The summed E-state index contributed by atoms with van der Waals surface area (Å²) in [7, 11) is 0. The van der Waals surface area contributed by atoms with Crippen molar-refractivity contribution >= 4 is 17.8 Å². The number of amides is 2. The second kappa shape index (κ2) is 13.4. The summed E-state index contributed by atoms with van der Waals surface area (Å²) in [5.74, 6) is -2.48. The molecule has 1 aliphatic heterocycles. The Labute approximate surface area is 204 Å². The van der Waals surface area contributed by atoms with Crippen LogP contribution in [0.5, 0.6) is 0 Å². The maximum atomic E-state index is 13.3. The smallest absolute Gasteiger partial charge is 0.310 e. The Bertz CT molecular complexity index is 1010. The van der Waals surface area contributed by atoms with Crippen LogP contribution in [0.1, 0.15) is 36.5 Å². The average Bonchev–Trinajstić information content (AvgIpc) is 2.87. The molecule has 8 heteroatoms. The van der Waals surface area contributed by atoms with Crippen LogP contribution in [-0.2, 0) is 25.5 Å². The molecule has 2 aromatic rings. The molecule has 3 rings (SSSR count). The molecule has 35 heavy (non-hydrogen) atoms. The molecule has 2 aromatic carbocycles. The number of hydrogen-bond donors (Lipinski definition) is 3. The summed E-state index contributed by atoms with van der Waals surface area (Å²) in [4.78, 5) is 38.2. The number of cyclic esters (lactones) is 1. The summed E-state index contributed by atoms with van der Waals surface area (Å²) in [5.41, 5.74) is 1.56. The van der Waals surface area contributed by atoms with Crippen molar-refractivity contribution in [3.05, 3.63) is 83.7 Å². The van der Waals surface area contributed by atoms with Gasteiger partial charge in [-0.2, -0.15) is 0 Å². The molecule has 186 valence electrons. The lowest BCUT2D eigenvalue weighted by Crippen LogP contribution is -2.38. The average molecular weight is 483 g/mol. The third-order valence-corrected chi connectivity index (χ3v) is 5.86. The van der Waals surface area contributed by atoms with Crippen molar-refractivity contribution in [3.8, 4) is 0 Å². The van der Waals surface area contributed by atoms with Gasteiger partial charge in [-0.25, -0.2) is 4.39 Å². The fourth-order valence-corrected chi connectivity index (χ4v) is 3.93. The molecule has 1 heterocycles. The van der Waals surface area contributed by atoms with E-state index in [1.165, 1.54) is 12.1 Å². The Morgan fingerprint density at radius 2 is 1.71 bits per heavy atom. The number of hydrogen-bond acceptors (Lipinski definition) is 5. The van der Waals surface area contributed by atoms with E-state index in [1.807, 2.05) is 36.4 Å². The maximum Gasteiger partial charge on any atom is 0.310 e. The van der Waals surface area contributed by atoms with Crippen LogP contribution < -0.4 is 10.6 Å². The zero-order chi connectivity index (χ0) is 25.0. The van der Waals surface area contributed by atoms with E-state index in [-0.39, 0.29) is 43.7 Å². The normalized spacial score (nSPS) is 22.2. The Morgan fingerprint density at radius 3 is 2.40 bits per heavy atom. The van der Waals surface area contributed by atoms with E-state index in [4.69, 9.17) is 9.84 Å². The van der Waals surface area contributed by atoms with E-state index in [9.17, 15) is 18.8 Å². The number of benzene rings is 2. The molecule has 0 radical (unpaired) electrons. The Hall–Kier alpha value is -3.52. The molecular weight excluding hydrogens is 451 g/mol. The topological polar surface area (TPSA) is 105 Å². The Balaban J connectivity index is 1.82. The quantitative estimate of drug-likeness (QED) is 0.416. The van der Waals surface area contributed by atoms with Crippen LogP contribution in [0.4, 0.5) is 4.39 Å². The predicted octanol–water partition coefficient (Wildman–Crippen LogP) is 2.85. The number of carbonyl (C=O) groups is 3. The fraction of sp³-hybridized carbons (Fsp3) is 0.370. The van der Waals surface area contributed by atoms with Crippen LogP contribution >= 0.6 is 0 Å². The molecule has 0 aliphatic carbocycles. The molecule has 7 nitrogen and oxygen atoms in total. The van der Waals surface area contributed by atoms with Gasteiger partial charge in [0.25, 0.3) is 0 Å². The SMILES string of the molecule is O=C(C[C@H]1C/C=C\C[C@H](Cc2ccc(F)cc2)C(=O)O[C@@H](c2ccccc2)CNC1=O)NCCO. The number of halogens is 1. The van der Waals surface area contributed by atoms with Crippen molar-refractivity contribution in [3.63, 3.8) is 0 Å². The number of carbonyl (C=O) groups excluding carboxylic acids is 3. The highest BCUT2D eigenvalue weighted by atomic mass is 19.1. The highest BCUT2D eigenvalue weighted by Crippen LogP contribution is 2.24. The monoisotopic (exact) mass is 482 g/mol. The minimum atomic E-state index is -0.698. The van der Waals surface area contributed by atoms with Gasteiger partial charge in [-0.15, -0.1) is 0 Å². The third-order valence-electron chi connectivity index (χ3n) is 5.86. The fourth-order valence-electron chi connectivity index (χ4n) is 3.93. The van der Waals surface area contributed by atoms with Crippen LogP contribution in [0.3, 0.4) is 0 Å².